The number of oxazole rings is 1. The first kappa shape index (κ1) is 13.2. The van der Waals surface area contributed by atoms with E-state index in [1.807, 2.05) is 25.6 Å². The number of nitrogens with zero attached hydrogens (tertiary/aromatic N) is 3. The predicted molar refractivity (Wildman–Crippen MR) is 70.7 cm³/mol. The lowest BCUT2D eigenvalue weighted by Gasteiger charge is -2.04. The van der Waals surface area contributed by atoms with Crippen molar-refractivity contribution < 1.29 is 4.42 Å². The average molecular weight is 266 g/mol. The molecule has 0 saturated carbocycles. The molecule has 0 bridgehead atoms. The molecule has 0 unspecified atom stereocenters. The largest absolute Gasteiger partial charge is 0.439 e. The third-order valence-electron chi connectivity index (χ3n) is 2.62. The lowest BCUT2D eigenvalue weighted by molar-refractivity contribution is 0.453. The van der Waals surface area contributed by atoms with Gasteiger partial charge in [0, 0.05) is 19.2 Å². The Kier molecular flexibility index (Phi) is 4.08. The van der Waals surface area contributed by atoms with E-state index in [4.69, 9.17) is 4.42 Å². The summed E-state index contributed by atoms with van der Waals surface area (Å²) in [7, 11) is 1.95. The Morgan fingerprint density at radius 3 is 2.83 bits per heavy atom. The van der Waals surface area contributed by atoms with E-state index in [0.29, 0.717) is 5.22 Å². The second-order valence-electron chi connectivity index (χ2n) is 4.13. The SMILES string of the molecule is CCNCc1c(C)nn(C)c1Sc1nc(C)co1. The van der Waals surface area contributed by atoms with Gasteiger partial charge in [-0.1, -0.05) is 6.92 Å². The first-order valence-corrected chi connectivity index (χ1v) is 6.76. The lowest BCUT2D eigenvalue weighted by atomic mass is 10.2. The van der Waals surface area contributed by atoms with Crippen molar-refractivity contribution in [3.63, 3.8) is 0 Å². The minimum atomic E-state index is 0.660. The van der Waals surface area contributed by atoms with Gasteiger partial charge in [-0.3, -0.25) is 4.68 Å². The van der Waals surface area contributed by atoms with Crippen LogP contribution in [0.3, 0.4) is 0 Å². The molecule has 0 radical (unpaired) electrons. The van der Waals surface area contributed by atoms with Gasteiger partial charge in [-0.15, -0.1) is 0 Å². The summed E-state index contributed by atoms with van der Waals surface area (Å²) in [6.45, 7) is 7.80. The van der Waals surface area contributed by atoms with Gasteiger partial charge in [0.15, 0.2) is 0 Å². The van der Waals surface area contributed by atoms with Crippen molar-refractivity contribution >= 4 is 11.8 Å². The summed E-state index contributed by atoms with van der Waals surface area (Å²) in [5.41, 5.74) is 3.15. The maximum atomic E-state index is 5.38. The Balaban J connectivity index is 2.25. The molecule has 0 aliphatic heterocycles. The summed E-state index contributed by atoms with van der Waals surface area (Å²) < 4.78 is 7.26. The van der Waals surface area contributed by atoms with Gasteiger partial charge in [0.2, 0.25) is 0 Å². The Morgan fingerprint density at radius 1 is 1.44 bits per heavy atom. The predicted octanol–water partition coefficient (Wildman–Crippen LogP) is 2.29. The topological polar surface area (TPSA) is 55.9 Å². The van der Waals surface area contributed by atoms with Crippen molar-refractivity contribution in [2.75, 3.05) is 6.54 Å². The van der Waals surface area contributed by atoms with E-state index < -0.39 is 0 Å². The molecule has 6 heteroatoms. The number of hydrogen-bond donors (Lipinski definition) is 1. The zero-order valence-corrected chi connectivity index (χ0v) is 12.0. The highest BCUT2D eigenvalue weighted by molar-refractivity contribution is 7.99. The van der Waals surface area contributed by atoms with Crippen LogP contribution >= 0.6 is 11.8 Å². The summed E-state index contributed by atoms with van der Waals surface area (Å²) in [4.78, 5) is 4.31. The fourth-order valence-electron chi connectivity index (χ4n) is 1.72. The summed E-state index contributed by atoms with van der Waals surface area (Å²) in [6, 6.07) is 0. The van der Waals surface area contributed by atoms with Gasteiger partial charge in [0.25, 0.3) is 5.22 Å². The number of aryl methyl sites for hydroxylation is 3. The Morgan fingerprint density at radius 2 is 2.22 bits per heavy atom. The van der Waals surface area contributed by atoms with Crippen LogP contribution < -0.4 is 5.32 Å². The Bertz CT molecular complexity index is 532. The standard InChI is InChI=1S/C12H18N4OS/c1-5-13-6-10-9(3)15-16(4)11(10)18-12-14-8(2)7-17-12/h7,13H,5-6H2,1-4H3. The van der Waals surface area contributed by atoms with E-state index in [1.54, 1.807) is 6.26 Å². The van der Waals surface area contributed by atoms with Crippen LogP contribution in [0, 0.1) is 13.8 Å². The molecule has 0 fully saturated rings. The highest BCUT2D eigenvalue weighted by atomic mass is 32.2. The first-order valence-electron chi connectivity index (χ1n) is 5.95. The molecule has 1 N–H and O–H groups in total. The molecule has 5 nitrogen and oxygen atoms in total. The third kappa shape index (κ3) is 2.76. The highest BCUT2D eigenvalue weighted by Crippen LogP contribution is 2.30. The molecule has 0 aromatic carbocycles. The van der Waals surface area contributed by atoms with Gasteiger partial charge < -0.3 is 9.73 Å². The molecule has 2 aromatic heterocycles. The second-order valence-corrected chi connectivity index (χ2v) is 5.07. The van der Waals surface area contributed by atoms with Gasteiger partial charge in [-0.2, -0.15) is 5.10 Å². The highest BCUT2D eigenvalue weighted by Gasteiger charge is 2.16. The quantitative estimate of drug-likeness (QED) is 0.900. The van der Waals surface area contributed by atoms with Crippen LogP contribution in [0.15, 0.2) is 20.9 Å². The van der Waals surface area contributed by atoms with Crippen LogP contribution in [0.4, 0.5) is 0 Å². The van der Waals surface area contributed by atoms with Crippen molar-refractivity contribution in [2.45, 2.75) is 37.6 Å². The molecule has 18 heavy (non-hydrogen) atoms. The zero-order chi connectivity index (χ0) is 13.1. The average Bonchev–Trinajstić information content (AvgIpc) is 2.83. The van der Waals surface area contributed by atoms with E-state index in [2.05, 4.69) is 22.3 Å². The Labute approximate surface area is 111 Å². The molecule has 0 spiro atoms. The summed E-state index contributed by atoms with van der Waals surface area (Å²) in [5, 5.41) is 9.53. The molecule has 0 saturated heterocycles. The smallest absolute Gasteiger partial charge is 0.262 e. The zero-order valence-electron chi connectivity index (χ0n) is 11.1. The molecule has 2 heterocycles. The third-order valence-corrected chi connectivity index (χ3v) is 3.69. The molecular weight excluding hydrogens is 248 g/mol. The van der Waals surface area contributed by atoms with Gasteiger partial charge in [-0.25, -0.2) is 4.98 Å². The van der Waals surface area contributed by atoms with Crippen molar-refractivity contribution in [2.24, 2.45) is 7.05 Å². The maximum Gasteiger partial charge on any atom is 0.262 e. The van der Waals surface area contributed by atoms with Crippen molar-refractivity contribution in [1.82, 2.24) is 20.1 Å². The van der Waals surface area contributed by atoms with Gasteiger partial charge >= 0.3 is 0 Å². The molecule has 0 atom stereocenters. The normalized spacial score (nSPS) is 11.1. The summed E-state index contributed by atoms with van der Waals surface area (Å²) >= 11 is 1.52. The minimum absolute atomic E-state index is 0.660. The molecule has 0 aliphatic carbocycles. The lowest BCUT2D eigenvalue weighted by Crippen LogP contribution is -2.12. The summed E-state index contributed by atoms with van der Waals surface area (Å²) in [5.74, 6) is 0. The van der Waals surface area contributed by atoms with Crippen LogP contribution in [0.2, 0.25) is 0 Å². The first-order chi connectivity index (χ1) is 8.61. The van der Waals surface area contributed by atoms with Crippen molar-refractivity contribution in [3.8, 4) is 0 Å². The number of hydrogen-bond acceptors (Lipinski definition) is 5. The maximum absolute atomic E-state index is 5.38. The summed E-state index contributed by atoms with van der Waals surface area (Å²) in [6.07, 6.45) is 1.66. The fraction of sp³-hybridized carbons (Fsp3) is 0.500. The van der Waals surface area contributed by atoms with E-state index in [9.17, 15) is 0 Å². The van der Waals surface area contributed by atoms with E-state index in [0.717, 1.165) is 29.5 Å². The van der Waals surface area contributed by atoms with Gasteiger partial charge in [0.1, 0.15) is 11.3 Å². The molecule has 98 valence electrons. The monoisotopic (exact) mass is 266 g/mol. The molecule has 0 aliphatic rings. The van der Waals surface area contributed by atoms with E-state index in [-0.39, 0.29) is 0 Å². The van der Waals surface area contributed by atoms with Crippen LogP contribution in [0.5, 0.6) is 0 Å². The van der Waals surface area contributed by atoms with Crippen molar-refractivity contribution in [1.29, 1.82) is 0 Å². The molecule has 0 amide bonds. The number of aromatic nitrogens is 3. The minimum Gasteiger partial charge on any atom is -0.439 e. The van der Waals surface area contributed by atoms with Gasteiger partial charge in [0.05, 0.1) is 11.4 Å². The number of nitrogens with one attached hydrogen (secondary N) is 1. The van der Waals surface area contributed by atoms with Crippen molar-refractivity contribution in [3.05, 3.63) is 23.2 Å². The van der Waals surface area contributed by atoms with Crippen LogP contribution in [-0.2, 0) is 13.6 Å². The molecule has 2 rings (SSSR count). The van der Waals surface area contributed by atoms with Crippen LogP contribution in [0.1, 0.15) is 23.9 Å². The van der Waals surface area contributed by atoms with E-state index in [1.165, 1.54) is 17.3 Å². The van der Waals surface area contributed by atoms with Crippen LogP contribution in [0.25, 0.3) is 0 Å². The van der Waals surface area contributed by atoms with Gasteiger partial charge in [-0.05, 0) is 32.2 Å². The van der Waals surface area contributed by atoms with Crippen LogP contribution in [-0.4, -0.2) is 21.3 Å². The molecular formula is C12H18N4OS. The Hall–Kier alpha value is -1.27. The van der Waals surface area contributed by atoms with E-state index >= 15 is 0 Å². The number of rotatable bonds is 5. The fourth-order valence-corrected chi connectivity index (χ4v) is 2.69. The molecule has 2 aromatic rings. The second kappa shape index (κ2) is 5.58.